The molecule has 0 radical (unpaired) electrons. The molecule has 0 aliphatic rings. The predicted octanol–water partition coefficient (Wildman–Crippen LogP) is 1.41. The van der Waals surface area contributed by atoms with Crippen LogP contribution in [0.25, 0.3) is 0 Å². The first kappa shape index (κ1) is 12.2. The highest BCUT2D eigenvalue weighted by molar-refractivity contribution is 5.90. The summed E-state index contributed by atoms with van der Waals surface area (Å²) in [6.45, 7) is 7.35. The van der Waals surface area contributed by atoms with Gasteiger partial charge in [-0.1, -0.05) is 6.58 Å². The molecule has 1 heterocycles. The number of hydrogen-bond donors (Lipinski definition) is 0. The number of nitrogens with zero attached hydrogens (tertiary/aromatic N) is 2. The number of ether oxygens (including phenoxy) is 2. The number of hydrogen-bond acceptors (Lipinski definition) is 5. The maximum absolute atomic E-state index is 11.6. The molecule has 0 saturated carbocycles. The van der Waals surface area contributed by atoms with E-state index in [2.05, 4.69) is 16.5 Å². The minimum atomic E-state index is -0.440. The first-order chi connectivity index (χ1) is 7.65. The van der Waals surface area contributed by atoms with E-state index in [1.807, 2.05) is 0 Å². The summed E-state index contributed by atoms with van der Waals surface area (Å²) in [6.07, 6.45) is 2.77. The largest absolute Gasteiger partial charge is 0.498 e. The smallest absolute Gasteiger partial charge is 0.341 e. The second-order valence-electron chi connectivity index (χ2n) is 3.09. The fourth-order valence-corrected chi connectivity index (χ4v) is 1.13. The topological polar surface area (TPSA) is 61.3 Å². The molecule has 0 atom stereocenters. The minimum Gasteiger partial charge on any atom is -0.498 e. The first-order valence-corrected chi connectivity index (χ1v) is 4.85. The van der Waals surface area contributed by atoms with Crippen molar-refractivity contribution >= 4 is 5.97 Å². The highest BCUT2D eigenvalue weighted by atomic mass is 16.6. The van der Waals surface area contributed by atoms with Crippen LogP contribution in [0.3, 0.4) is 0 Å². The lowest BCUT2D eigenvalue weighted by Crippen LogP contribution is -2.12. The molecule has 0 aliphatic carbocycles. The van der Waals surface area contributed by atoms with Crippen LogP contribution in [0.2, 0.25) is 0 Å². The predicted molar refractivity (Wildman–Crippen MR) is 57.9 cm³/mol. The lowest BCUT2D eigenvalue weighted by atomic mass is 10.2. The Labute approximate surface area is 94.1 Å². The lowest BCUT2D eigenvalue weighted by Gasteiger charge is -2.06. The third-order valence-corrected chi connectivity index (χ3v) is 1.87. The Morgan fingerprint density at radius 2 is 2.25 bits per heavy atom. The molecule has 16 heavy (non-hydrogen) atoms. The van der Waals surface area contributed by atoms with E-state index in [1.165, 1.54) is 12.5 Å². The summed E-state index contributed by atoms with van der Waals surface area (Å²) in [4.78, 5) is 19.6. The molecule has 5 heteroatoms. The Bertz CT molecular complexity index is 391. The van der Waals surface area contributed by atoms with Crippen molar-refractivity contribution in [2.24, 2.45) is 0 Å². The molecule has 1 aromatic heterocycles. The second-order valence-corrected chi connectivity index (χ2v) is 3.09. The van der Waals surface area contributed by atoms with Crippen molar-refractivity contribution in [3.05, 3.63) is 36.1 Å². The van der Waals surface area contributed by atoms with E-state index in [-0.39, 0.29) is 6.61 Å². The first-order valence-electron chi connectivity index (χ1n) is 4.85. The zero-order valence-corrected chi connectivity index (χ0v) is 9.40. The number of esters is 1. The van der Waals surface area contributed by atoms with E-state index >= 15 is 0 Å². The molecule has 0 unspecified atom stereocenters. The van der Waals surface area contributed by atoms with E-state index < -0.39 is 5.97 Å². The lowest BCUT2D eigenvalue weighted by molar-refractivity contribution is 0.0419. The van der Waals surface area contributed by atoms with Crippen LogP contribution >= 0.6 is 0 Å². The van der Waals surface area contributed by atoms with Crippen LogP contribution in [0, 0.1) is 13.8 Å². The average molecular weight is 222 g/mol. The number of carbonyl (C=O) groups excluding carboxylic acids is 1. The summed E-state index contributed by atoms with van der Waals surface area (Å²) in [5, 5.41) is 0. The van der Waals surface area contributed by atoms with E-state index in [9.17, 15) is 4.79 Å². The number of aryl methyl sites for hydroxylation is 2. The molecule has 1 aromatic rings. The molecule has 86 valence electrons. The summed E-state index contributed by atoms with van der Waals surface area (Å²) in [5.74, 6) is 0.189. The molecule has 0 aromatic carbocycles. The molecule has 1 rings (SSSR count). The van der Waals surface area contributed by atoms with Gasteiger partial charge in [-0.15, -0.1) is 0 Å². The molecule has 5 nitrogen and oxygen atoms in total. The maximum atomic E-state index is 11.6. The Morgan fingerprint density at radius 1 is 1.50 bits per heavy atom. The summed E-state index contributed by atoms with van der Waals surface area (Å²) < 4.78 is 9.78. The van der Waals surface area contributed by atoms with Crippen molar-refractivity contribution in [1.82, 2.24) is 9.97 Å². The van der Waals surface area contributed by atoms with Crippen LogP contribution in [0.5, 0.6) is 0 Å². The van der Waals surface area contributed by atoms with Gasteiger partial charge in [-0.05, 0) is 13.8 Å². The SMILES string of the molecule is C=COCCOC(=O)c1cnc(C)nc1C. The normalized spacial score (nSPS) is 9.62. The van der Waals surface area contributed by atoms with Crippen molar-refractivity contribution in [1.29, 1.82) is 0 Å². The summed E-state index contributed by atoms with van der Waals surface area (Å²) >= 11 is 0. The molecule has 0 bridgehead atoms. The highest BCUT2D eigenvalue weighted by Gasteiger charge is 2.11. The van der Waals surface area contributed by atoms with Crippen LogP contribution in [0.4, 0.5) is 0 Å². The van der Waals surface area contributed by atoms with Gasteiger partial charge in [0.1, 0.15) is 19.0 Å². The van der Waals surface area contributed by atoms with E-state index in [0.29, 0.717) is 23.7 Å². The van der Waals surface area contributed by atoms with E-state index in [1.54, 1.807) is 13.8 Å². The van der Waals surface area contributed by atoms with Crippen molar-refractivity contribution in [2.45, 2.75) is 13.8 Å². The third kappa shape index (κ3) is 3.34. The molecular weight excluding hydrogens is 208 g/mol. The summed E-state index contributed by atoms with van der Waals surface area (Å²) in [6, 6.07) is 0. The molecule has 0 saturated heterocycles. The van der Waals surface area contributed by atoms with Crippen LogP contribution in [-0.2, 0) is 9.47 Å². The standard InChI is InChI=1S/C11H14N2O3/c1-4-15-5-6-16-11(14)10-7-12-9(3)13-8(10)2/h4,7H,1,5-6H2,2-3H3. The highest BCUT2D eigenvalue weighted by Crippen LogP contribution is 2.05. The van der Waals surface area contributed by atoms with Gasteiger partial charge in [0.05, 0.1) is 17.5 Å². The molecule has 0 N–H and O–H groups in total. The van der Waals surface area contributed by atoms with Gasteiger partial charge in [0.15, 0.2) is 0 Å². The minimum absolute atomic E-state index is 0.179. The Hall–Kier alpha value is -1.91. The summed E-state index contributed by atoms with van der Waals surface area (Å²) in [7, 11) is 0. The van der Waals surface area contributed by atoms with Gasteiger partial charge in [0.2, 0.25) is 0 Å². The van der Waals surface area contributed by atoms with Gasteiger partial charge in [-0.25, -0.2) is 14.8 Å². The number of rotatable bonds is 5. The Morgan fingerprint density at radius 3 is 2.88 bits per heavy atom. The molecule has 0 aliphatic heterocycles. The second kappa shape index (κ2) is 5.85. The quantitative estimate of drug-likeness (QED) is 0.428. The van der Waals surface area contributed by atoms with Crippen LogP contribution in [-0.4, -0.2) is 29.2 Å². The molecule has 0 spiro atoms. The maximum Gasteiger partial charge on any atom is 0.341 e. The van der Waals surface area contributed by atoms with E-state index in [4.69, 9.17) is 9.47 Å². The van der Waals surface area contributed by atoms with Crippen molar-refractivity contribution in [3.63, 3.8) is 0 Å². The van der Waals surface area contributed by atoms with E-state index in [0.717, 1.165) is 0 Å². The van der Waals surface area contributed by atoms with Gasteiger partial charge in [-0.2, -0.15) is 0 Å². The van der Waals surface area contributed by atoms with Crippen molar-refractivity contribution < 1.29 is 14.3 Å². The van der Waals surface area contributed by atoms with Crippen LogP contribution < -0.4 is 0 Å². The van der Waals surface area contributed by atoms with Gasteiger partial charge in [-0.3, -0.25) is 0 Å². The monoisotopic (exact) mass is 222 g/mol. The molecular formula is C11H14N2O3. The van der Waals surface area contributed by atoms with Gasteiger partial charge in [0.25, 0.3) is 0 Å². The van der Waals surface area contributed by atoms with Crippen LogP contribution in [0.1, 0.15) is 21.9 Å². The zero-order valence-electron chi connectivity index (χ0n) is 9.40. The van der Waals surface area contributed by atoms with Gasteiger partial charge >= 0.3 is 5.97 Å². The van der Waals surface area contributed by atoms with Crippen molar-refractivity contribution in [2.75, 3.05) is 13.2 Å². The fraction of sp³-hybridized carbons (Fsp3) is 0.364. The van der Waals surface area contributed by atoms with Crippen LogP contribution in [0.15, 0.2) is 19.0 Å². The average Bonchev–Trinajstić information content (AvgIpc) is 2.24. The Balaban J connectivity index is 2.56. The summed E-state index contributed by atoms with van der Waals surface area (Å²) in [5.41, 5.74) is 0.992. The molecule has 0 fully saturated rings. The number of carbonyl (C=O) groups is 1. The number of aromatic nitrogens is 2. The fourth-order valence-electron chi connectivity index (χ4n) is 1.13. The van der Waals surface area contributed by atoms with Gasteiger partial charge in [0, 0.05) is 6.20 Å². The van der Waals surface area contributed by atoms with Crippen molar-refractivity contribution in [3.8, 4) is 0 Å². The Kier molecular flexibility index (Phi) is 4.44. The van der Waals surface area contributed by atoms with Gasteiger partial charge < -0.3 is 9.47 Å². The third-order valence-electron chi connectivity index (χ3n) is 1.87. The zero-order chi connectivity index (χ0) is 12.0. The molecule has 0 amide bonds.